The summed E-state index contributed by atoms with van der Waals surface area (Å²) in [6.07, 6.45) is 2.06. The number of carboxylic acids is 1. The van der Waals surface area contributed by atoms with Crippen molar-refractivity contribution in [1.82, 2.24) is 24.7 Å². The maximum absolute atomic E-state index is 13.0. The van der Waals surface area contributed by atoms with E-state index in [9.17, 15) is 18.0 Å². The van der Waals surface area contributed by atoms with Crippen LogP contribution in [0.15, 0.2) is 73.2 Å². The Morgan fingerprint density at radius 3 is 2.31 bits per heavy atom. The number of carboxylic acid groups (broad SMARTS) is 1. The molecule has 1 aliphatic heterocycles. The SMILES string of the molecule is O=C(O)C(F)(F)F.O=C(c1ccncc1)N1CCCC1c1nnn2cc(-c3ccccc3)ccc12. The zero-order chi connectivity index (χ0) is 25.0. The van der Waals surface area contributed by atoms with Crippen LogP contribution in [0.1, 0.15) is 34.9 Å². The number of carbonyl (C=O) groups is 2. The van der Waals surface area contributed by atoms with Crippen molar-refractivity contribution in [2.24, 2.45) is 0 Å². The summed E-state index contributed by atoms with van der Waals surface area (Å²) < 4.78 is 33.5. The molecule has 1 amide bonds. The van der Waals surface area contributed by atoms with Gasteiger partial charge in [0.2, 0.25) is 0 Å². The lowest BCUT2D eigenvalue weighted by atomic mass is 10.1. The highest BCUT2D eigenvalue weighted by atomic mass is 19.4. The van der Waals surface area contributed by atoms with Crippen LogP contribution in [0.3, 0.4) is 0 Å². The van der Waals surface area contributed by atoms with Gasteiger partial charge in [-0.3, -0.25) is 9.78 Å². The van der Waals surface area contributed by atoms with Crippen molar-refractivity contribution in [3.05, 3.63) is 84.4 Å². The van der Waals surface area contributed by atoms with Gasteiger partial charge in [-0.15, -0.1) is 5.10 Å². The third-order valence-electron chi connectivity index (χ3n) is 5.55. The number of amides is 1. The van der Waals surface area contributed by atoms with Crippen molar-refractivity contribution in [3.8, 4) is 11.1 Å². The number of benzene rings is 1. The predicted molar refractivity (Wildman–Crippen MR) is 119 cm³/mol. The number of pyridine rings is 2. The molecule has 11 heteroatoms. The van der Waals surface area contributed by atoms with Crippen LogP contribution in [-0.2, 0) is 4.79 Å². The lowest BCUT2D eigenvalue weighted by molar-refractivity contribution is -0.192. The number of aliphatic carboxylic acids is 1. The Labute approximate surface area is 197 Å². The first-order valence-corrected chi connectivity index (χ1v) is 10.7. The number of alkyl halides is 3. The zero-order valence-corrected chi connectivity index (χ0v) is 18.3. The monoisotopic (exact) mass is 483 g/mol. The molecule has 0 bridgehead atoms. The van der Waals surface area contributed by atoms with E-state index < -0.39 is 12.1 Å². The van der Waals surface area contributed by atoms with E-state index in [0.717, 1.165) is 41.7 Å². The molecule has 4 heterocycles. The summed E-state index contributed by atoms with van der Waals surface area (Å²) in [5.41, 5.74) is 4.68. The maximum atomic E-state index is 13.0. The minimum atomic E-state index is -5.08. The van der Waals surface area contributed by atoms with Gasteiger partial charge in [-0.25, -0.2) is 9.31 Å². The zero-order valence-electron chi connectivity index (χ0n) is 18.3. The van der Waals surface area contributed by atoms with Gasteiger partial charge in [-0.2, -0.15) is 13.2 Å². The summed E-state index contributed by atoms with van der Waals surface area (Å²) in [4.78, 5) is 27.8. The normalized spacial score (nSPS) is 15.5. The fourth-order valence-corrected chi connectivity index (χ4v) is 3.91. The van der Waals surface area contributed by atoms with E-state index in [2.05, 4.69) is 33.5 Å². The largest absolute Gasteiger partial charge is 0.490 e. The number of carbonyl (C=O) groups excluding carboxylic acids is 1. The second-order valence-electron chi connectivity index (χ2n) is 7.78. The van der Waals surface area contributed by atoms with Crippen molar-refractivity contribution >= 4 is 17.4 Å². The number of nitrogens with zero attached hydrogens (tertiary/aromatic N) is 5. The molecule has 0 spiro atoms. The fourth-order valence-electron chi connectivity index (χ4n) is 3.91. The second kappa shape index (κ2) is 9.92. The van der Waals surface area contributed by atoms with E-state index in [0.29, 0.717) is 5.56 Å². The Bertz CT molecular complexity index is 1330. The standard InChI is InChI=1S/C22H19N5O.C2HF3O2/c28-22(17-10-12-23-13-11-17)26-14-4-7-19(26)21-20-9-8-18(15-27(20)25-24-21)16-5-2-1-3-6-16;3-2(4,5)1(6)7/h1-3,5-6,8-13,15,19H,4,7,14H2;(H,6,7). The summed E-state index contributed by atoms with van der Waals surface area (Å²) >= 11 is 0. The third-order valence-corrected chi connectivity index (χ3v) is 5.55. The lowest BCUT2D eigenvalue weighted by Gasteiger charge is -2.23. The number of aromatic nitrogens is 4. The summed E-state index contributed by atoms with van der Waals surface area (Å²) in [6.45, 7) is 0.729. The molecule has 5 rings (SSSR count). The van der Waals surface area contributed by atoms with Gasteiger partial charge >= 0.3 is 12.1 Å². The Morgan fingerprint density at radius 1 is 0.971 bits per heavy atom. The van der Waals surface area contributed by atoms with Crippen LogP contribution < -0.4 is 0 Å². The molecule has 180 valence electrons. The molecule has 0 radical (unpaired) electrons. The van der Waals surface area contributed by atoms with Crippen LogP contribution >= 0.6 is 0 Å². The van der Waals surface area contributed by atoms with E-state index in [-0.39, 0.29) is 11.9 Å². The number of halogens is 3. The molecule has 0 saturated carbocycles. The van der Waals surface area contributed by atoms with E-state index in [4.69, 9.17) is 9.90 Å². The molecule has 35 heavy (non-hydrogen) atoms. The Hall–Kier alpha value is -4.28. The molecule has 1 atom stereocenters. The molecule has 1 aliphatic rings. The first-order chi connectivity index (χ1) is 16.8. The van der Waals surface area contributed by atoms with Crippen LogP contribution in [0.4, 0.5) is 13.2 Å². The van der Waals surface area contributed by atoms with Gasteiger partial charge in [0.25, 0.3) is 5.91 Å². The number of hydrogen-bond acceptors (Lipinski definition) is 5. The Kier molecular flexibility index (Phi) is 6.76. The number of hydrogen-bond donors (Lipinski definition) is 1. The summed E-state index contributed by atoms with van der Waals surface area (Å²) in [6, 6.07) is 17.8. The molecule has 1 saturated heterocycles. The first-order valence-electron chi connectivity index (χ1n) is 10.7. The summed E-state index contributed by atoms with van der Waals surface area (Å²) in [5, 5.41) is 15.9. The van der Waals surface area contributed by atoms with Crippen molar-refractivity contribution in [2.45, 2.75) is 25.1 Å². The van der Waals surface area contributed by atoms with Crippen molar-refractivity contribution in [1.29, 1.82) is 0 Å². The first kappa shape index (κ1) is 23.9. The molecular formula is C24H20F3N5O3. The molecule has 1 fully saturated rings. The van der Waals surface area contributed by atoms with E-state index in [1.165, 1.54) is 0 Å². The molecule has 4 aromatic rings. The molecule has 1 aromatic carbocycles. The van der Waals surface area contributed by atoms with Crippen molar-refractivity contribution < 1.29 is 27.9 Å². The fraction of sp³-hybridized carbons (Fsp3) is 0.208. The highest BCUT2D eigenvalue weighted by Crippen LogP contribution is 2.34. The maximum Gasteiger partial charge on any atom is 0.490 e. The average molecular weight is 483 g/mol. The predicted octanol–water partition coefficient (Wildman–Crippen LogP) is 4.40. The van der Waals surface area contributed by atoms with Gasteiger partial charge < -0.3 is 10.0 Å². The van der Waals surface area contributed by atoms with Gasteiger partial charge in [0.05, 0.1) is 11.6 Å². The highest BCUT2D eigenvalue weighted by molar-refractivity contribution is 5.94. The molecule has 0 aliphatic carbocycles. The summed E-state index contributed by atoms with van der Waals surface area (Å²) in [7, 11) is 0. The second-order valence-corrected chi connectivity index (χ2v) is 7.78. The lowest BCUT2D eigenvalue weighted by Crippen LogP contribution is -2.30. The van der Waals surface area contributed by atoms with E-state index in [1.807, 2.05) is 39.9 Å². The van der Waals surface area contributed by atoms with Gasteiger partial charge in [-0.1, -0.05) is 41.6 Å². The third kappa shape index (κ3) is 5.29. The van der Waals surface area contributed by atoms with E-state index in [1.54, 1.807) is 24.5 Å². The van der Waals surface area contributed by atoms with Crippen molar-refractivity contribution in [2.75, 3.05) is 6.54 Å². The van der Waals surface area contributed by atoms with Crippen molar-refractivity contribution in [3.63, 3.8) is 0 Å². The minimum absolute atomic E-state index is 0.0203. The molecular weight excluding hydrogens is 463 g/mol. The number of rotatable bonds is 3. The quantitative estimate of drug-likeness (QED) is 0.464. The van der Waals surface area contributed by atoms with Crippen LogP contribution in [0.2, 0.25) is 0 Å². The van der Waals surface area contributed by atoms with Gasteiger partial charge in [0, 0.05) is 36.3 Å². The van der Waals surface area contributed by atoms with Crippen LogP contribution in [0, 0.1) is 0 Å². The molecule has 3 aromatic heterocycles. The topological polar surface area (TPSA) is 101 Å². The Balaban J connectivity index is 0.000000364. The van der Waals surface area contributed by atoms with Crippen LogP contribution in [0.5, 0.6) is 0 Å². The molecule has 1 unspecified atom stereocenters. The van der Waals surface area contributed by atoms with E-state index >= 15 is 0 Å². The smallest absolute Gasteiger partial charge is 0.475 e. The van der Waals surface area contributed by atoms with Crippen LogP contribution in [-0.4, -0.2) is 54.4 Å². The Morgan fingerprint density at radius 2 is 1.66 bits per heavy atom. The van der Waals surface area contributed by atoms with Gasteiger partial charge in [0.15, 0.2) is 0 Å². The highest BCUT2D eigenvalue weighted by Gasteiger charge is 2.38. The van der Waals surface area contributed by atoms with Crippen LogP contribution in [0.25, 0.3) is 16.6 Å². The minimum Gasteiger partial charge on any atom is -0.475 e. The number of fused-ring (bicyclic) bond motifs is 1. The summed E-state index contributed by atoms with van der Waals surface area (Å²) in [5.74, 6) is -2.74. The molecule has 1 N–H and O–H groups in total. The number of likely N-dealkylation sites (tertiary alicyclic amines) is 1. The van der Waals surface area contributed by atoms with Gasteiger partial charge in [0.1, 0.15) is 5.69 Å². The average Bonchev–Trinajstić information content (AvgIpc) is 3.51. The molecule has 8 nitrogen and oxygen atoms in total. The van der Waals surface area contributed by atoms with Gasteiger partial charge in [-0.05, 0) is 36.6 Å².